The van der Waals surface area contributed by atoms with E-state index in [1.165, 1.54) is 49.7 Å². The van der Waals surface area contributed by atoms with Crippen LogP contribution in [0.3, 0.4) is 0 Å². The SMILES string of the molecule is CC(C)(C)c1ccc(CNC2CCCCCC2)cc1. The van der Waals surface area contributed by atoms with E-state index in [1.54, 1.807) is 0 Å². The molecule has 1 aromatic rings. The zero-order chi connectivity index (χ0) is 13.7. The van der Waals surface area contributed by atoms with Crippen LogP contribution in [0.2, 0.25) is 0 Å². The summed E-state index contributed by atoms with van der Waals surface area (Å²) in [6.07, 6.45) is 8.39. The molecule has 1 nitrogen and oxygen atoms in total. The molecule has 0 amide bonds. The Morgan fingerprint density at radius 2 is 1.53 bits per heavy atom. The Morgan fingerprint density at radius 1 is 0.947 bits per heavy atom. The third-order valence-corrected chi connectivity index (χ3v) is 4.27. The Hall–Kier alpha value is -0.820. The number of benzene rings is 1. The minimum Gasteiger partial charge on any atom is -0.310 e. The second kappa shape index (κ2) is 6.56. The van der Waals surface area contributed by atoms with E-state index in [1.807, 2.05) is 0 Å². The van der Waals surface area contributed by atoms with Crippen LogP contribution in [0.15, 0.2) is 24.3 Å². The lowest BCUT2D eigenvalue weighted by atomic mass is 9.87. The minimum absolute atomic E-state index is 0.257. The molecule has 19 heavy (non-hydrogen) atoms. The van der Waals surface area contributed by atoms with E-state index in [2.05, 4.69) is 50.4 Å². The van der Waals surface area contributed by atoms with Crippen LogP contribution in [0.25, 0.3) is 0 Å². The molecule has 1 aliphatic carbocycles. The molecule has 0 atom stereocenters. The van der Waals surface area contributed by atoms with Crippen LogP contribution in [0, 0.1) is 0 Å². The highest BCUT2D eigenvalue weighted by Crippen LogP contribution is 2.22. The third-order valence-electron chi connectivity index (χ3n) is 4.27. The van der Waals surface area contributed by atoms with E-state index in [9.17, 15) is 0 Å². The van der Waals surface area contributed by atoms with Crippen LogP contribution < -0.4 is 5.32 Å². The normalized spacial score (nSPS) is 18.3. The van der Waals surface area contributed by atoms with Crippen molar-refractivity contribution in [3.63, 3.8) is 0 Å². The highest BCUT2D eigenvalue weighted by atomic mass is 14.9. The highest BCUT2D eigenvalue weighted by molar-refractivity contribution is 5.27. The van der Waals surface area contributed by atoms with Crippen LogP contribution in [0.1, 0.15) is 70.4 Å². The van der Waals surface area contributed by atoms with Gasteiger partial charge in [0, 0.05) is 12.6 Å². The molecule has 0 aliphatic heterocycles. The van der Waals surface area contributed by atoms with E-state index in [-0.39, 0.29) is 5.41 Å². The van der Waals surface area contributed by atoms with Crippen molar-refractivity contribution in [3.8, 4) is 0 Å². The lowest BCUT2D eigenvalue weighted by Gasteiger charge is -2.20. The van der Waals surface area contributed by atoms with Gasteiger partial charge in [-0.3, -0.25) is 0 Å². The summed E-state index contributed by atoms with van der Waals surface area (Å²) >= 11 is 0. The quantitative estimate of drug-likeness (QED) is 0.769. The van der Waals surface area contributed by atoms with Gasteiger partial charge in [-0.1, -0.05) is 70.7 Å². The number of hydrogen-bond donors (Lipinski definition) is 1. The third kappa shape index (κ3) is 4.65. The molecular formula is C18H29N. The number of hydrogen-bond acceptors (Lipinski definition) is 1. The van der Waals surface area contributed by atoms with Gasteiger partial charge in [-0.25, -0.2) is 0 Å². The van der Waals surface area contributed by atoms with Gasteiger partial charge >= 0.3 is 0 Å². The molecule has 1 saturated carbocycles. The van der Waals surface area contributed by atoms with E-state index >= 15 is 0 Å². The molecule has 1 fully saturated rings. The fourth-order valence-electron chi connectivity index (χ4n) is 2.87. The topological polar surface area (TPSA) is 12.0 Å². The minimum atomic E-state index is 0.257. The zero-order valence-corrected chi connectivity index (χ0v) is 12.8. The second-order valence-corrected chi connectivity index (χ2v) is 7.02. The Balaban J connectivity index is 1.85. The van der Waals surface area contributed by atoms with Gasteiger partial charge in [0.25, 0.3) is 0 Å². The van der Waals surface area contributed by atoms with Gasteiger partial charge in [-0.15, -0.1) is 0 Å². The van der Waals surface area contributed by atoms with Gasteiger partial charge in [0.15, 0.2) is 0 Å². The second-order valence-electron chi connectivity index (χ2n) is 7.02. The molecule has 0 unspecified atom stereocenters. The lowest BCUT2D eigenvalue weighted by Crippen LogP contribution is -2.27. The maximum Gasteiger partial charge on any atom is 0.0208 e. The molecule has 2 rings (SSSR count). The maximum absolute atomic E-state index is 3.74. The van der Waals surface area contributed by atoms with Crippen molar-refractivity contribution in [1.82, 2.24) is 5.32 Å². The molecule has 0 radical (unpaired) electrons. The van der Waals surface area contributed by atoms with Gasteiger partial charge in [0.05, 0.1) is 0 Å². The fraction of sp³-hybridized carbons (Fsp3) is 0.667. The summed E-state index contributed by atoms with van der Waals surface area (Å²) in [6, 6.07) is 9.87. The molecule has 1 aromatic carbocycles. The molecule has 0 aromatic heterocycles. The smallest absolute Gasteiger partial charge is 0.0208 e. The summed E-state index contributed by atoms with van der Waals surface area (Å²) in [5.41, 5.74) is 3.09. The Bertz CT molecular complexity index is 364. The van der Waals surface area contributed by atoms with Crippen molar-refractivity contribution < 1.29 is 0 Å². The largest absolute Gasteiger partial charge is 0.310 e. The standard InChI is InChI=1S/C18H29N/c1-18(2,3)16-12-10-15(11-13-16)14-19-17-8-6-4-5-7-9-17/h10-13,17,19H,4-9,14H2,1-3H3. The van der Waals surface area contributed by atoms with Crippen molar-refractivity contribution in [3.05, 3.63) is 35.4 Å². The summed E-state index contributed by atoms with van der Waals surface area (Å²) in [4.78, 5) is 0. The van der Waals surface area contributed by atoms with Gasteiger partial charge in [-0.05, 0) is 29.4 Å². The summed E-state index contributed by atoms with van der Waals surface area (Å²) in [5.74, 6) is 0. The first-order chi connectivity index (χ1) is 9.05. The van der Waals surface area contributed by atoms with Gasteiger partial charge < -0.3 is 5.32 Å². The Morgan fingerprint density at radius 3 is 2.05 bits per heavy atom. The summed E-state index contributed by atoms with van der Waals surface area (Å²) < 4.78 is 0. The first-order valence-electron chi connectivity index (χ1n) is 7.88. The van der Waals surface area contributed by atoms with E-state index < -0.39 is 0 Å². The average molecular weight is 259 g/mol. The number of rotatable bonds is 3. The molecule has 0 bridgehead atoms. The van der Waals surface area contributed by atoms with E-state index in [0.29, 0.717) is 0 Å². The van der Waals surface area contributed by atoms with Gasteiger partial charge in [0.2, 0.25) is 0 Å². The molecule has 106 valence electrons. The van der Waals surface area contributed by atoms with Crippen LogP contribution in [0.5, 0.6) is 0 Å². The van der Waals surface area contributed by atoms with Gasteiger partial charge in [0.1, 0.15) is 0 Å². The van der Waals surface area contributed by atoms with Crippen LogP contribution in [0.4, 0.5) is 0 Å². The molecule has 1 heteroatoms. The lowest BCUT2D eigenvalue weighted by molar-refractivity contribution is 0.459. The first-order valence-corrected chi connectivity index (χ1v) is 7.88. The van der Waals surface area contributed by atoms with Crippen molar-refractivity contribution in [2.24, 2.45) is 0 Å². The Kier molecular flexibility index (Phi) is 5.04. The monoisotopic (exact) mass is 259 g/mol. The summed E-state index contributed by atoms with van der Waals surface area (Å²) in [5, 5.41) is 3.74. The predicted octanol–water partition coefficient (Wildman–Crippen LogP) is 4.80. The number of nitrogens with one attached hydrogen (secondary N) is 1. The average Bonchev–Trinajstić information content (AvgIpc) is 2.64. The van der Waals surface area contributed by atoms with Crippen LogP contribution >= 0.6 is 0 Å². The molecular weight excluding hydrogens is 230 g/mol. The summed E-state index contributed by atoms with van der Waals surface area (Å²) in [6.45, 7) is 7.83. The summed E-state index contributed by atoms with van der Waals surface area (Å²) in [7, 11) is 0. The molecule has 0 heterocycles. The predicted molar refractivity (Wildman–Crippen MR) is 83.5 cm³/mol. The maximum atomic E-state index is 3.74. The molecule has 1 N–H and O–H groups in total. The van der Waals surface area contributed by atoms with Crippen LogP contribution in [-0.4, -0.2) is 6.04 Å². The van der Waals surface area contributed by atoms with Crippen LogP contribution in [-0.2, 0) is 12.0 Å². The van der Waals surface area contributed by atoms with Gasteiger partial charge in [-0.2, -0.15) is 0 Å². The van der Waals surface area contributed by atoms with E-state index in [0.717, 1.165) is 12.6 Å². The Labute approximate surface area is 118 Å². The zero-order valence-electron chi connectivity index (χ0n) is 12.8. The molecule has 0 spiro atoms. The fourth-order valence-corrected chi connectivity index (χ4v) is 2.87. The first kappa shape index (κ1) is 14.6. The van der Waals surface area contributed by atoms with Crippen molar-refractivity contribution >= 4 is 0 Å². The van der Waals surface area contributed by atoms with Crippen molar-refractivity contribution in [2.45, 2.75) is 77.3 Å². The highest BCUT2D eigenvalue weighted by Gasteiger charge is 2.14. The van der Waals surface area contributed by atoms with Crippen molar-refractivity contribution in [1.29, 1.82) is 0 Å². The van der Waals surface area contributed by atoms with Crippen molar-refractivity contribution in [2.75, 3.05) is 0 Å². The van der Waals surface area contributed by atoms with E-state index in [4.69, 9.17) is 0 Å². The molecule has 1 aliphatic rings. The molecule has 0 saturated heterocycles.